The highest BCUT2D eigenvalue weighted by atomic mass is 32.1. The minimum atomic E-state index is -0.175. The molecule has 0 amide bonds. The molecule has 162 valence electrons. The summed E-state index contributed by atoms with van der Waals surface area (Å²) in [6.45, 7) is 5.86. The lowest BCUT2D eigenvalue weighted by Crippen LogP contribution is -2.12. The van der Waals surface area contributed by atoms with Crippen LogP contribution < -0.4 is 5.56 Å². The zero-order valence-electron chi connectivity index (χ0n) is 18.4. The lowest BCUT2D eigenvalue weighted by molar-refractivity contribution is 0.941. The molecule has 3 heterocycles. The van der Waals surface area contributed by atoms with E-state index in [1.165, 1.54) is 0 Å². The number of nitrogens with zero attached hydrogens (tertiary/aromatic N) is 5. The Morgan fingerprint density at radius 1 is 1.06 bits per heavy atom. The van der Waals surface area contributed by atoms with Crippen molar-refractivity contribution in [2.45, 2.75) is 27.2 Å². The maximum absolute atomic E-state index is 12.7. The third-order valence-electron chi connectivity index (χ3n) is 5.84. The van der Waals surface area contributed by atoms with Crippen LogP contribution in [0.3, 0.4) is 0 Å². The monoisotopic (exact) mass is 452 g/mol. The van der Waals surface area contributed by atoms with Gasteiger partial charge in [-0.15, -0.1) is 0 Å². The van der Waals surface area contributed by atoms with Crippen molar-refractivity contribution in [3.8, 4) is 17.4 Å². The summed E-state index contributed by atoms with van der Waals surface area (Å²) in [7, 11) is 0. The Balaban J connectivity index is 1.84. The van der Waals surface area contributed by atoms with Crippen LogP contribution in [0.4, 0.5) is 0 Å². The van der Waals surface area contributed by atoms with Crippen molar-refractivity contribution in [3.63, 3.8) is 0 Å². The number of aromatic amines is 1. The molecule has 0 fully saturated rings. The van der Waals surface area contributed by atoms with E-state index in [1.54, 1.807) is 12.3 Å². The highest BCUT2D eigenvalue weighted by molar-refractivity contribution is 7.71. The van der Waals surface area contributed by atoms with Gasteiger partial charge in [-0.2, -0.15) is 5.26 Å². The number of rotatable bonds is 3. The van der Waals surface area contributed by atoms with Crippen LogP contribution in [-0.4, -0.2) is 24.1 Å². The van der Waals surface area contributed by atoms with E-state index < -0.39 is 0 Å². The molecule has 0 radical (unpaired) electrons. The Hall–Kier alpha value is -4.09. The predicted octanol–water partition coefficient (Wildman–Crippen LogP) is 4.83. The van der Waals surface area contributed by atoms with Crippen molar-refractivity contribution in [2.24, 2.45) is 0 Å². The predicted molar refractivity (Wildman–Crippen MR) is 131 cm³/mol. The minimum Gasteiger partial charge on any atom is -0.310 e. The van der Waals surface area contributed by atoms with E-state index >= 15 is 0 Å². The van der Waals surface area contributed by atoms with Gasteiger partial charge in [0.05, 0.1) is 33.7 Å². The second-order valence-corrected chi connectivity index (χ2v) is 8.30. The SMILES string of the molecule is CCc1nc2ccc(-n3c(=S)n(-c4ccc(C#N)c(C)c4)c4nccc(C)c43)cc2c(=O)[nH]1. The lowest BCUT2D eigenvalue weighted by Gasteiger charge is -2.08. The molecule has 5 aromatic rings. The minimum absolute atomic E-state index is 0.175. The number of pyridine rings is 1. The molecule has 0 saturated carbocycles. The smallest absolute Gasteiger partial charge is 0.258 e. The van der Waals surface area contributed by atoms with Gasteiger partial charge >= 0.3 is 0 Å². The average molecular weight is 453 g/mol. The summed E-state index contributed by atoms with van der Waals surface area (Å²) < 4.78 is 4.36. The summed E-state index contributed by atoms with van der Waals surface area (Å²) >= 11 is 5.94. The Kier molecular flexibility index (Phi) is 4.91. The highest BCUT2D eigenvalue weighted by Gasteiger charge is 2.18. The van der Waals surface area contributed by atoms with Crippen LogP contribution in [0.5, 0.6) is 0 Å². The second kappa shape index (κ2) is 7.80. The first-order valence-corrected chi connectivity index (χ1v) is 11.0. The summed E-state index contributed by atoms with van der Waals surface area (Å²) in [5.41, 5.74) is 6.10. The first-order valence-electron chi connectivity index (χ1n) is 10.6. The molecular formula is C25H20N6OS. The van der Waals surface area contributed by atoms with Crippen LogP contribution in [0.15, 0.2) is 53.5 Å². The molecule has 7 nitrogen and oxygen atoms in total. The fourth-order valence-electron chi connectivity index (χ4n) is 4.13. The van der Waals surface area contributed by atoms with Crippen molar-refractivity contribution in [1.29, 1.82) is 5.26 Å². The lowest BCUT2D eigenvalue weighted by atomic mass is 10.1. The zero-order valence-corrected chi connectivity index (χ0v) is 19.2. The second-order valence-electron chi connectivity index (χ2n) is 7.93. The van der Waals surface area contributed by atoms with Crippen LogP contribution in [0.25, 0.3) is 33.4 Å². The van der Waals surface area contributed by atoms with E-state index in [1.807, 2.05) is 66.3 Å². The van der Waals surface area contributed by atoms with E-state index in [-0.39, 0.29) is 5.56 Å². The van der Waals surface area contributed by atoms with Gasteiger partial charge in [0.25, 0.3) is 5.56 Å². The molecule has 0 spiro atoms. The molecule has 0 aliphatic carbocycles. The molecule has 1 N–H and O–H groups in total. The number of nitrogens with one attached hydrogen (secondary N) is 1. The van der Waals surface area contributed by atoms with Crippen molar-refractivity contribution >= 4 is 34.3 Å². The van der Waals surface area contributed by atoms with Crippen molar-refractivity contribution in [3.05, 3.63) is 86.3 Å². The highest BCUT2D eigenvalue weighted by Crippen LogP contribution is 2.28. The summed E-state index contributed by atoms with van der Waals surface area (Å²) in [5, 5.41) is 9.81. The van der Waals surface area contributed by atoms with Gasteiger partial charge in [-0.1, -0.05) is 6.92 Å². The van der Waals surface area contributed by atoms with Gasteiger partial charge in [-0.25, -0.2) is 9.97 Å². The van der Waals surface area contributed by atoms with Crippen LogP contribution in [0.2, 0.25) is 0 Å². The molecule has 5 rings (SSSR count). The number of imidazole rings is 1. The molecule has 0 aliphatic heterocycles. The van der Waals surface area contributed by atoms with Gasteiger partial charge in [0, 0.05) is 18.3 Å². The van der Waals surface area contributed by atoms with Gasteiger partial charge in [0.1, 0.15) is 5.82 Å². The molecule has 8 heteroatoms. The van der Waals surface area contributed by atoms with E-state index in [0.717, 1.165) is 28.0 Å². The molecular weight excluding hydrogens is 432 g/mol. The largest absolute Gasteiger partial charge is 0.310 e. The third-order valence-corrected chi connectivity index (χ3v) is 6.21. The normalized spacial score (nSPS) is 11.2. The Labute approximate surface area is 194 Å². The third kappa shape index (κ3) is 3.25. The van der Waals surface area contributed by atoms with Gasteiger partial charge in [0.2, 0.25) is 0 Å². The molecule has 0 aliphatic rings. The number of hydrogen-bond donors (Lipinski definition) is 1. The Bertz CT molecular complexity index is 1730. The van der Waals surface area contributed by atoms with E-state index in [2.05, 4.69) is 21.0 Å². The fourth-order valence-corrected chi connectivity index (χ4v) is 4.52. The molecule has 3 aromatic heterocycles. The van der Waals surface area contributed by atoms with Crippen molar-refractivity contribution < 1.29 is 0 Å². The first kappa shape index (κ1) is 20.8. The number of aryl methyl sites for hydroxylation is 3. The summed E-state index contributed by atoms with van der Waals surface area (Å²) in [6, 6.07) is 15.3. The van der Waals surface area contributed by atoms with Gasteiger partial charge < -0.3 is 4.98 Å². The summed E-state index contributed by atoms with van der Waals surface area (Å²) in [5.74, 6) is 0.657. The maximum atomic E-state index is 12.7. The van der Waals surface area contributed by atoms with Gasteiger partial charge in [-0.05, 0) is 79.7 Å². The van der Waals surface area contributed by atoms with Gasteiger partial charge in [-0.3, -0.25) is 13.9 Å². The molecule has 0 saturated heterocycles. The summed E-state index contributed by atoms with van der Waals surface area (Å²) in [4.78, 5) is 24.7. The molecule has 0 atom stereocenters. The molecule has 0 bridgehead atoms. The maximum Gasteiger partial charge on any atom is 0.258 e. The van der Waals surface area contributed by atoms with Gasteiger partial charge in [0.15, 0.2) is 10.4 Å². The number of aromatic nitrogens is 5. The molecule has 33 heavy (non-hydrogen) atoms. The summed E-state index contributed by atoms with van der Waals surface area (Å²) in [6.07, 6.45) is 2.41. The Morgan fingerprint density at radius 3 is 2.55 bits per heavy atom. The topological polar surface area (TPSA) is 92.3 Å². The number of H-pyrrole nitrogens is 1. The quantitative estimate of drug-likeness (QED) is 0.396. The fraction of sp³-hybridized carbons (Fsp3) is 0.160. The number of fused-ring (bicyclic) bond motifs is 2. The van der Waals surface area contributed by atoms with Crippen LogP contribution in [0.1, 0.15) is 29.4 Å². The number of nitriles is 1. The number of benzene rings is 2. The van der Waals surface area contributed by atoms with Crippen LogP contribution in [0, 0.1) is 29.9 Å². The first-order chi connectivity index (χ1) is 15.9. The Morgan fingerprint density at radius 2 is 1.82 bits per heavy atom. The van der Waals surface area contributed by atoms with Crippen molar-refractivity contribution in [2.75, 3.05) is 0 Å². The van der Waals surface area contributed by atoms with Crippen molar-refractivity contribution in [1.82, 2.24) is 24.1 Å². The molecule has 2 aromatic carbocycles. The van der Waals surface area contributed by atoms with Crippen LogP contribution >= 0.6 is 12.2 Å². The standard InChI is InChI=1S/C25H20N6OS/c1-4-21-28-20-8-7-18(12-19(20)24(32)29-21)30-22-14(2)9-10-27-23(22)31(25(30)33)17-6-5-16(13-26)15(3)11-17/h5-12H,4H2,1-3H3,(H,28,29,32). The number of hydrogen-bond acceptors (Lipinski definition) is 5. The van der Waals surface area contributed by atoms with E-state index in [4.69, 9.17) is 12.2 Å². The average Bonchev–Trinajstić information content (AvgIpc) is 3.11. The van der Waals surface area contributed by atoms with E-state index in [9.17, 15) is 10.1 Å². The van der Waals surface area contributed by atoms with Crippen LogP contribution in [-0.2, 0) is 6.42 Å². The molecule has 0 unspecified atom stereocenters. The zero-order chi connectivity index (χ0) is 23.3. The van der Waals surface area contributed by atoms with E-state index in [0.29, 0.717) is 39.1 Å².